The zero-order valence-electron chi connectivity index (χ0n) is 13.9. The summed E-state index contributed by atoms with van der Waals surface area (Å²) in [6.45, 7) is 1.93. The maximum atomic E-state index is 12.8. The fourth-order valence-electron chi connectivity index (χ4n) is 2.47. The summed E-state index contributed by atoms with van der Waals surface area (Å²) in [4.78, 5) is 12.8. The van der Waals surface area contributed by atoms with Crippen LogP contribution in [0.4, 0.5) is 5.69 Å². The van der Waals surface area contributed by atoms with Crippen molar-refractivity contribution in [2.24, 2.45) is 0 Å². The molecule has 132 valence electrons. The van der Waals surface area contributed by atoms with Crippen LogP contribution in [-0.4, -0.2) is 14.2 Å². The van der Waals surface area contributed by atoms with E-state index in [0.29, 0.717) is 10.6 Å². The van der Waals surface area contributed by atoms with Crippen LogP contribution in [-0.2, 0) is 10.0 Å². The van der Waals surface area contributed by atoms with E-state index < -0.39 is 10.0 Å². The summed E-state index contributed by atoms with van der Waals surface area (Å²) in [7, 11) is -3.87. The van der Waals surface area contributed by atoms with E-state index in [2.05, 4.69) is 4.72 Å². The summed E-state index contributed by atoms with van der Waals surface area (Å²) in [6, 6.07) is 19.6. The highest BCUT2D eigenvalue weighted by molar-refractivity contribution is 7.92. The quantitative estimate of drug-likeness (QED) is 0.648. The molecule has 0 aliphatic carbocycles. The Bertz CT molecular complexity index is 1060. The molecule has 0 amide bonds. The van der Waals surface area contributed by atoms with Gasteiger partial charge in [0.2, 0.25) is 0 Å². The number of hydrogen-bond acceptors (Lipinski definition) is 3. The first kappa shape index (κ1) is 18.2. The lowest BCUT2D eigenvalue weighted by Gasteiger charge is -2.12. The predicted molar refractivity (Wildman–Crippen MR) is 103 cm³/mol. The van der Waals surface area contributed by atoms with Crippen molar-refractivity contribution < 1.29 is 13.2 Å². The van der Waals surface area contributed by atoms with Crippen molar-refractivity contribution in [3.05, 3.63) is 94.5 Å². The summed E-state index contributed by atoms with van der Waals surface area (Å²) >= 11 is 5.88. The Morgan fingerprint density at radius 2 is 1.62 bits per heavy atom. The molecule has 3 aromatic carbocycles. The van der Waals surface area contributed by atoms with Gasteiger partial charge in [-0.05, 0) is 37.3 Å². The second-order valence-corrected chi connectivity index (χ2v) is 7.92. The van der Waals surface area contributed by atoms with Crippen LogP contribution in [0.2, 0.25) is 5.02 Å². The van der Waals surface area contributed by atoms with Crippen LogP contribution in [0, 0.1) is 6.92 Å². The van der Waals surface area contributed by atoms with Crippen molar-refractivity contribution in [1.82, 2.24) is 0 Å². The average Bonchev–Trinajstić information content (AvgIpc) is 2.62. The number of rotatable bonds is 5. The number of sulfonamides is 1. The van der Waals surface area contributed by atoms with Gasteiger partial charge in [0, 0.05) is 16.1 Å². The minimum Gasteiger partial charge on any atom is -0.289 e. The molecule has 0 heterocycles. The number of ketones is 1. The normalized spacial score (nSPS) is 11.2. The third-order valence-electron chi connectivity index (χ3n) is 3.84. The second kappa shape index (κ2) is 7.32. The smallest absolute Gasteiger partial charge is 0.261 e. The second-order valence-electron chi connectivity index (χ2n) is 5.80. The number of benzene rings is 3. The molecule has 0 aromatic heterocycles. The molecule has 0 spiro atoms. The van der Waals surface area contributed by atoms with Gasteiger partial charge in [-0.25, -0.2) is 8.42 Å². The average molecular weight is 386 g/mol. The van der Waals surface area contributed by atoms with Gasteiger partial charge >= 0.3 is 0 Å². The molecule has 0 bridgehead atoms. The molecule has 0 saturated heterocycles. The van der Waals surface area contributed by atoms with E-state index in [1.54, 1.807) is 48.5 Å². The lowest BCUT2D eigenvalue weighted by Crippen LogP contribution is -2.16. The maximum Gasteiger partial charge on any atom is 0.261 e. The number of hydrogen-bond donors (Lipinski definition) is 1. The molecule has 0 fully saturated rings. The Morgan fingerprint density at radius 1 is 0.923 bits per heavy atom. The van der Waals surface area contributed by atoms with Crippen molar-refractivity contribution in [3.63, 3.8) is 0 Å². The summed E-state index contributed by atoms with van der Waals surface area (Å²) < 4.78 is 27.7. The van der Waals surface area contributed by atoms with Gasteiger partial charge in [-0.1, -0.05) is 59.6 Å². The van der Waals surface area contributed by atoms with Crippen molar-refractivity contribution >= 4 is 33.1 Å². The number of halogens is 1. The van der Waals surface area contributed by atoms with Gasteiger partial charge in [-0.15, -0.1) is 0 Å². The molecule has 6 heteroatoms. The lowest BCUT2D eigenvalue weighted by molar-refractivity contribution is 0.103. The number of aryl methyl sites for hydroxylation is 1. The fraction of sp³-hybridized carbons (Fsp3) is 0.0500. The molecular formula is C20H16ClNO3S. The molecule has 26 heavy (non-hydrogen) atoms. The van der Waals surface area contributed by atoms with Gasteiger partial charge in [0.15, 0.2) is 5.78 Å². The Morgan fingerprint density at radius 3 is 2.31 bits per heavy atom. The topological polar surface area (TPSA) is 63.2 Å². The minimum absolute atomic E-state index is 0.0302. The van der Waals surface area contributed by atoms with Crippen molar-refractivity contribution in [2.45, 2.75) is 11.8 Å². The molecule has 1 N–H and O–H groups in total. The van der Waals surface area contributed by atoms with E-state index in [4.69, 9.17) is 11.6 Å². The summed E-state index contributed by atoms with van der Waals surface area (Å²) in [5.41, 5.74) is 2.03. The molecule has 0 atom stereocenters. The molecule has 3 rings (SSSR count). The standard InChI is InChI=1S/C20H16ClNO3S/c1-14-9-11-15(12-10-14)20(23)18-7-2-3-8-19(18)22-26(24,25)17-6-4-5-16(21)13-17/h2-13,22H,1H3. The highest BCUT2D eigenvalue weighted by Gasteiger charge is 2.19. The zero-order chi connectivity index (χ0) is 18.7. The largest absolute Gasteiger partial charge is 0.289 e. The van der Waals surface area contributed by atoms with E-state index in [1.807, 2.05) is 19.1 Å². The summed E-state index contributed by atoms with van der Waals surface area (Å²) in [5, 5.41) is 0.317. The van der Waals surface area contributed by atoms with Crippen molar-refractivity contribution in [1.29, 1.82) is 0 Å². The first-order valence-corrected chi connectivity index (χ1v) is 9.72. The first-order chi connectivity index (χ1) is 12.4. The number of anilines is 1. The highest BCUT2D eigenvalue weighted by Crippen LogP contribution is 2.24. The number of carbonyl (C=O) groups is 1. The van der Waals surface area contributed by atoms with Crippen LogP contribution in [0.1, 0.15) is 21.5 Å². The van der Waals surface area contributed by atoms with E-state index >= 15 is 0 Å². The van der Waals surface area contributed by atoms with E-state index in [9.17, 15) is 13.2 Å². The summed E-state index contributed by atoms with van der Waals surface area (Å²) in [6.07, 6.45) is 0. The van der Waals surface area contributed by atoms with Gasteiger partial charge in [0.25, 0.3) is 10.0 Å². The molecule has 0 radical (unpaired) electrons. The van der Waals surface area contributed by atoms with Crippen LogP contribution in [0.15, 0.2) is 77.7 Å². The van der Waals surface area contributed by atoms with Crippen LogP contribution < -0.4 is 4.72 Å². The van der Waals surface area contributed by atoms with Crippen LogP contribution in [0.25, 0.3) is 0 Å². The fourth-order valence-corrected chi connectivity index (χ4v) is 3.85. The lowest BCUT2D eigenvalue weighted by atomic mass is 10.0. The SMILES string of the molecule is Cc1ccc(C(=O)c2ccccc2NS(=O)(=O)c2cccc(Cl)c2)cc1. The Kier molecular flexibility index (Phi) is 5.11. The molecule has 3 aromatic rings. The molecule has 4 nitrogen and oxygen atoms in total. The predicted octanol–water partition coefficient (Wildman–Crippen LogP) is 4.68. The maximum absolute atomic E-state index is 12.8. The molecule has 0 saturated carbocycles. The Hall–Kier alpha value is -2.63. The first-order valence-electron chi connectivity index (χ1n) is 7.85. The number of para-hydroxylation sites is 1. The Labute approximate surface area is 157 Å². The third kappa shape index (κ3) is 3.95. The van der Waals surface area contributed by atoms with Crippen LogP contribution in [0.3, 0.4) is 0 Å². The van der Waals surface area contributed by atoms with Gasteiger partial charge in [-0.2, -0.15) is 0 Å². The van der Waals surface area contributed by atoms with Crippen molar-refractivity contribution in [3.8, 4) is 0 Å². The van der Waals surface area contributed by atoms with Crippen molar-refractivity contribution in [2.75, 3.05) is 4.72 Å². The van der Waals surface area contributed by atoms with Gasteiger partial charge in [0.1, 0.15) is 0 Å². The highest BCUT2D eigenvalue weighted by atomic mass is 35.5. The zero-order valence-corrected chi connectivity index (χ0v) is 15.5. The van der Waals surface area contributed by atoms with Crippen LogP contribution >= 0.6 is 11.6 Å². The molecule has 0 aliphatic heterocycles. The van der Waals surface area contributed by atoms with Gasteiger partial charge in [0.05, 0.1) is 10.6 Å². The number of carbonyl (C=O) groups excluding carboxylic acids is 1. The molecule has 0 aliphatic rings. The molecule has 0 unspecified atom stereocenters. The number of nitrogens with one attached hydrogen (secondary N) is 1. The van der Waals surface area contributed by atoms with Gasteiger partial charge in [-0.3, -0.25) is 9.52 Å². The van der Waals surface area contributed by atoms with E-state index in [1.165, 1.54) is 12.1 Å². The van der Waals surface area contributed by atoms with E-state index in [-0.39, 0.29) is 21.9 Å². The monoisotopic (exact) mass is 385 g/mol. The third-order valence-corrected chi connectivity index (χ3v) is 5.43. The summed E-state index contributed by atoms with van der Waals surface area (Å²) in [5.74, 6) is -0.255. The minimum atomic E-state index is -3.87. The Balaban J connectivity index is 1.97. The van der Waals surface area contributed by atoms with Gasteiger partial charge < -0.3 is 0 Å². The van der Waals surface area contributed by atoms with Crippen LogP contribution in [0.5, 0.6) is 0 Å². The van der Waals surface area contributed by atoms with E-state index in [0.717, 1.165) is 5.56 Å². The molecular weight excluding hydrogens is 370 g/mol.